The smallest absolute Gasteiger partial charge is 0.173 e. The Balaban J connectivity index is 2.12. The molecule has 1 aliphatic heterocycles. The second-order valence-electron chi connectivity index (χ2n) is 3.89. The maximum absolute atomic E-state index is 5.52. The van der Waals surface area contributed by atoms with E-state index in [-0.39, 0.29) is 0 Å². The molecule has 1 saturated heterocycles. The molecule has 0 spiro atoms. The maximum atomic E-state index is 5.52. The molecule has 4 heteroatoms. The Morgan fingerprint density at radius 2 is 2.47 bits per heavy atom. The van der Waals surface area contributed by atoms with E-state index in [0.29, 0.717) is 12.0 Å². The molecule has 1 fully saturated rings. The summed E-state index contributed by atoms with van der Waals surface area (Å²) in [7, 11) is 1.98. The molecule has 0 amide bonds. The molecule has 15 heavy (non-hydrogen) atoms. The molecular weight excluding hydrogens is 258 g/mol. The van der Waals surface area contributed by atoms with Crippen LogP contribution in [-0.2, 0) is 4.74 Å². The average molecular weight is 274 g/mol. The third kappa shape index (κ3) is 2.44. The van der Waals surface area contributed by atoms with Crippen LogP contribution in [0.1, 0.15) is 24.4 Å². The SMILES string of the molecule is CNC(c1ccoc1Br)C1CCCOC1. The summed E-state index contributed by atoms with van der Waals surface area (Å²) in [5.41, 5.74) is 1.19. The zero-order valence-corrected chi connectivity index (χ0v) is 10.4. The van der Waals surface area contributed by atoms with Crippen molar-refractivity contribution in [1.29, 1.82) is 0 Å². The van der Waals surface area contributed by atoms with Crippen LogP contribution in [0.4, 0.5) is 0 Å². The number of nitrogens with one attached hydrogen (secondary N) is 1. The van der Waals surface area contributed by atoms with E-state index in [9.17, 15) is 0 Å². The topological polar surface area (TPSA) is 34.4 Å². The average Bonchev–Trinajstić information content (AvgIpc) is 2.68. The number of hydrogen-bond acceptors (Lipinski definition) is 3. The van der Waals surface area contributed by atoms with E-state index in [4.69, 9.17) is 9.15 Å². The number of hydrogen-bond donors (Lipinski definition) is 1. The third-order valence-electron chi connectivity index (χ3n) is 2.96. The zero-order chi connectivity index (χ0) is 10.7. The summed E-state index contributed by atoms with van der Waals surface area (Å²) in [6.07, 6.45) is 4.08. The molecule has 2 atom stereocenters. The molecule has 0 aliphatic carbocycles. The van der Waals surface area contributed by atoms with Crippen molar-refractivity contribution in [2.24, 2.45) is 5.92 Å². The molecule has 1 aromatic heterocycles. The first-order chi connectivity index (χ1) is 7.33. The summed E-state index contributed by atoms with van der Waals surface area (Å²) >= 11 is 3.43. The fraction of sp³-hybridized carbons (Fsp3) is 0.636. The lowest BCUT2D eigenvalue weighted by Gasteiger charge is -2.29. The van der Waals surface area contributed by atoms with Crippen molar-refractivity contribution in [2.45, 2.75) is 18.9 Å². The van der Waals surface area contributed by atoms with Crippen LogP contribution in [0.25, 0.3) is 0 Å². The second kappa shape index (κ2) is 5.14. The molecule has 84 valence electrons. The van der Waals surface area contributed by atoms with E-state index >= 15 is 0 Å². The monoisotopic (exact) mass is 273 g/mol. The molecular formula is C11H16BrNO2. The van der Waals surface area contributed by atoms with Crippen molar-refractivity contribution >= 4 is 15.9 Å². The molecule has 0 radical (unpaired) electrons. The number of rotatable bonds is 3. The van der Waals surface area contributed by atoms with Gasteiger partial charge in [0.2, 0.25) is 0 Å². The summed E-state index contributed by atoms with van der Waals surface area (Å²) in [4.78, 5) is 0. The highest BCUT2D eigenvalue weighted by Crippen LogP contribution is 2.33. The van der Waals surface area contributed by atoms with Crippen molar-refractivity contribution in [3.05, 3.63) is 22.6 Å². The summed E-state index contributed by atoms with van der Waals surface area (Å²) in [6, 6.07) is 2.33. The lowest BCUT2D eigenvalue weighted by atomic mass is 9.90. The largest absolute Gasteiger partial charge is 0.457 e. The Hall–Kier alpha value is -0.320. The van der Waals surface area contributed by atoms with Crippen LogP contribution in [0.2, 0.25) is 0 Å². The van der Waals surface area contributed by atoms with Crippen molar-refractivity contribution in [2.75, 3.05) is 20.3 Å². The lowest BCUT2D eigenvalue weighted by Crippen LogP contribution is -2.31. The Labute approximate surface area is 98.3 Å². The quantitative estimate of drug-likeness (QED) is 0.920. The van der Waals surface area contributed by atoms with Gasteiger partial charge in [0.25, 0.3) is 0 Å². The number of furan rings is 1. The third-order valence-corrected chi connectivity index (χ3v) is 3.60. The van der Waals surface area contributed by atoms with Gasteiger partial charge in [0.05, 0.1) is 12.9 Å². The second-order valence-corrected chi connectivity index (χ2v) is 4.61. The van der Waals surface area contributed by atoms with E-state index in [1.165, 1.54) is 12.0 Å². The van der Waals surface area contributed by atoms with Gasteiger partial charge in [0.15, 0.2) is 4.67 Å². The van der Waals surface area contributed by atoms with Gasteiger partial charge in [0.1, 0.15) is 0 Å². The van der Waals surface area contributed by atoms with Crippen LogP contribution in [0, 0.1) is 5.92 Å². The van der Waals surface area contributed by atoms with Gasteiger partial charge in [-0.1, -0.05) is 0 Å². The van der Waals surface area contributed by atoms with E-state index < -0.39 is 0 Å². The summed E-state index contributed by atoms with van der Waals surface area (Å²) in [6.45, 7) is 1.74. The van der Waals surface area contributed by atoms with Gasteiger partial charge in [-0.2, -0.15) is 0 Å². The van der Waals surface area contributed by atoms with Crippen LogP contribution in [0.15, 0.2) is 21.4 Å². The molecule has 1 N–H and O–H groups in total. The van der Waals surface area contributed by atoms with Crippen LogP contribution >= 0.6 is 15.9 Å². The van der Waals surface area contributed by atoms with Crippen molar-refractivity contribution in [3.63, 3.8) is 0 Å². The van der Waals surface area contributed by atoms with Gasteiger partial charge in [-0.05, 0) is 41.9 Å². The van der Waals surface area contributed by atoms with E-state index in [2.05, 4.69) is 21.2 Å². The first-order valence-electron chi connectivity index (χ1n) is 5.31. The Morgan fingerprint density at radius 3 is 3.00 bits per heavy atom. The molecule has 2 heterocycles. The van der Waals surface area contributed by atoms with Crippen molar-refractivity contribution in [1.82, 2.24) is 5.32 Å². The maximum Gasteiger partial charge on any atom is 0.173 e. The Morgan fingerprint density at radius 1 is 1.60 bits per heavy atom. The van der Waals surface area contributed by atoms with Gasteiger partial charge in [-0.3, -0.25) is 0 Å². The van der Waals surface area contributed by atoms with Gasteiger partial charge < -0.3 is 14.5 Å². The predicted octanol–water partition coefficient (Wildman–Crippen LogP) is 2.73. The minimum Gasteiger partial charge on any atom is -0.457 e. The molecule has 2 rings (SSSR count). The molecule has 2 unspecified atom stereocenters. The Kier molecular flexibility index (Phi) is 3.83. The molecule has 1 aromatic rings. The van der Waals surface area contributed by atoms with E-state index in [1.807, 2.05) is 13.1 Å². The standard InChI is InChI=1S/C11H16BrNO2/c1-13-10(8-3-2-5-14-7-8)9-4-6-15-11(9)12/h4,6,8,10,13H,2-3,5,7H2,1H3. The zero-order valence-electron chi connectivity index (χ0n) is 8.83. The fourth-order valence-electron chi connectivity index (χ4n) is 2.20. The highest BCUT2D eigenvalue weighted by atomic mass is 79.9. The lowest BCUT2D eigenvalue weighted by molar-refractivity contribution is 0.0400. The van der Waals surface area contributed by atoms with Crippen LogP contribution < -0.4 is 5.32 Å². The molecule has 0 aromatic carbocycles. The molecule has 3 nitrogen and oxygen atoms in total. The Bertz CT molecular complexity index is 307. The van der Waals surface area contributed by atoms with Gasteiger partial charge >= 0.3 is 0 Å². The van der Waals surface area contributed by atoms with Gasteiger partial charge in [-0.25, -0.2) is 0 Å². The van der Waals surface area contributed by atoms with E-state index in [0.717, 1.165) is 24.3 Å². The minimum atomic E-state index is 0.318. The van der Waals surface area contributed by atoms with Crippen molar-refractivity contribution in [3.8, 4) is 0 Å². The van der Waals surface area contributed by atoms with Crippen LogP contribution in [0.3, 0.4) is 0 Å². The van der Waals surface area contributed by atoms with Gasteiger partial charge in [0, 0.05) is 24.1 Å². The van der Waals surface area contributed by atoms with Crippen LogP contribution in [-0.4, -0.2) is 20.3 Å². The van der Waals surface area contributed by atoms with Crippen LogP contribution in [0.5, 0.6) is 0 Å². The summed E-state index contributed by atoms with van der Waals surface area (Å²) < 4.78 is 11.6. The van der Waals surface area contributed by atoms with Gasteiger partial charge in [-0.15, -0.1) is 0 Å². The van der Waals surface area contributed by atoms with Crippen molar-refractivity contribution < 1.29 is 9.15 Å². The molecule has 0 bridgehead atoms. The number of halogens is 1. The highest BCUT2D eigenvalue weighted by Gasteiger charge is 2.26. The highest BCUT2D eigenvalue weighted by molar-refractivity contribution is 9.10. The first kappa shape index (κ1) is 11.2. The molecule has 0 saturated carbocycles. The first-order valence-corrected chi connectivity index (χ1v) is 6.10. The molecule has 1 aliphatic rings. The number of ether oxygens (including phenoxy) is 1. The van der Waals surface area contributed by atoms with E-state index in [1.54, 1.807) is 6.26 Å². The summed E-state index contributed by atoms with van der Waals surface area (Å²) in [5.74, 6) is 0.539. The minimum absolute atomic E-state index is 0.318. The predicted molar refractivity (Wildman–Crippen MR) is 61.8 cm³/mol. The summed E-state index contributed by atoms with van der Waals surface area (Å²) in [5, 5.41) is 3.34. The fourth-order valence-corrected chi connectivity index (χ4v) is 2.69. The normalized spacial score (nSPS) is 24.0.